The van der Waals surface area contributed by atoms with E-state index in [1.54, 1.807) is 10.8 Å². The maximum absolute atomic E-state index is 2.42. The van der Waals surface area contributed by atoms with E-state index in [0.717, 1.165) is 0 Å². The highest BCUT2D eigenvalue weighted by Crippen LogP contribution is 2.55. The smallest absolute Gasteiger partial charge is 0.0622 e. The zero-order valence-electron chi connectivity index (χ0n) is 13.1. The number of benzene rings is 2. The van der Waals surface area contributed by atoms with E-state index in [1.165, 1.54) is 22.3 Å². The number of allylic oxidation sites excluding steroid dienone is 5. The molecular weight excluding hydrogens is 280 g/mol. The minimum Gasteiger partial charge on any atom is -0.0622 e. The molecule has 0 unspecified atom stereocenters. The third-order valence-corrected chi connectivity index (χ3v) is 7.19. The van der Waals surface area contributed by atoms with Gasteiger partial charge in [0, 0.05) is 0 Å². The Labute approximate surface area is 134 Å². The summed E-state index contributed by atoms with van der Waals surface area (Å²) in [4.78, 5) is 0. The van der Waals surface area contributed by atoms with Crippen LogP contribution in [0.4, 0.5) is 0 Å². The second-order valence-electron chi connectivity index (χ2n) is 6.81. The monoisotopic (exact) mass is 300 g/mol. The molecule has 108 valence electrons. The van der Waals surface area contributed by atoms with E-state index in [1.807, 2.05) is 0 Å². The highest BCUT2D eigenvalue weighted by Gasteiger charge is 2.39. The van der Waals surface area contributed by atoms with Gasteiger partial charge in [-0.15, -0.1) is 0 Å². The molecule has 1 heterocycles. The van der Waals surface area contributed by atoms with Crippen LogP contribution in [0.25, 0.3) is 10.8 Å². The Hall–Kier alpha value is -2.12. The Morgan fingerprint density at radius 2 is 1.32 bits per heavy atom. The summed E-state index contributed by atoms with van der Waals surface area (Å²) < 4.78 is 0. The molecule has 0 aromatic heterocycles. The Morgan fingerprint density at radius 3 is 1.95 bits per heavy atom. The summed E-state index contributed by atoms with van der Waals surface area (Å²) in [5.41, 5.74) is 7.24. The fraction of sp³-hybridized carbons (Fsp3) is 0.143. The molecule has 22 heavy (non-hydrogen) atoms. The van der Waals surface area contributed by atoms with Crippen LogP contribution in [0.15, 0.2) is 84.0 Å². The van der Waals surface area contributed by atoms with Crippen LogP contribution in [0.3, 0.4) is 0 Å². The molecule has 1 aliphatic heterocycles. The lowest BCUT2D eigenvalue weighted by atomic mass is 9.90. The van der Waals surface area contributed by atoms with Crippen molar-refractivity contribution in [3.63, 3.8) is 0 Å². The summed E-state index contributed by atoms with van der Waals surface area (Å²) in [5.74, 6) is 0. The normalized spacial score (nSPS) is 20.1. The first-order valence-electron chi connectivity index (χ1n) is 7.94. The molecule has 1 aliphatic carbocycles. The average Bonchev–Trinajstić information content (AvgIpc) is 3.09. The van der Waals surface area contributed by atoms with Crippen molar-refractivity contribution in [1.29, 1.82) is 0 Å². The third-order valence-electron chi connectivity index (χ3n) is 4.81. The zero-order chi connectivity index (χ0) is 15.2. The van der Waals surface area contributed by atoms with Gasteiger partial charge in [0.2, 0.25) is 0 Å². The van der Waals surface area contributed by atoms with Crippen LogP contribution >= 0.6 is 0 Å². The first-order chi connectivity index (χ1) is 10.7. The maximum Gasteiger partial charge on any atom is 0.0672 e. The largest absolute Gasteiger partial charge is 0.0672 e. The lowest BCUT2D eigenvalue weighted by molar-refractivity contribution is 0.820. The van der Waals surface area contributed by atoms with Gasteiger partial charge in [0.15, 0.2) is 0 Å². The van der Waals surface area contributed by atoms with Gasteiger partial charge in [-0.2, -0.15) is 0 Å². The van der Waals surface area contributed by atoms with E-state index < -0.39 is 0 Å². The average molecular weight is 300 g/mol. The van der Waals surface area contributed by atoms with Crippen molar-refractivity contribution in [2.45, 2.75) is 18.9 Å². The molecule has 2 aromatic rings. The van der Waals surface area contributed by atoms with Gasteiger partial charge >= 0.3 is 0 Å². The van der Waals surface area contributed by atoms with Crippen LogP contribution in [-0.4, -0.2) is 9.52 Å². The van der Waals surface area contributed by atoms with Crippen LogP contribution in [0.1, 0.15) is 25.0 Å². The number of hydrogen-bond donors (Lipinski definition) is 0. The van der Waals surface area contributed by atoms with Crippen LogP contribution in [-0.2, 0) is 0 Å². The van der Waals surface area contributed by atoms with Crippen molar-refractivity contribution in [2.24, 2.45) is 0 Å². The van der Waals surface area contributed by atoms with Crippen molar-refractivity contribution in [3.8, 4) is 0 Å². The van der Waals surface area contributed by atoms with Gasteiger partial charge in [0.05, 0.1) is 9.52 Å². The van der Waals surface area contributed by atoms with E-state index in [-0.39, 0.29) is 9.52 Å². The van der Waals surface area contributed by atoms with Gasteiger partial charge in [-0.1, -0.05) is 91.9 Å². The lowest BCUT2D eigenvalue weighted by Gasteiger charge is -2.20. The highest BCUT2D eigenvalue weighted by atomic mass is 28.2. The Morgan fingerprint density at radius 1 is 0.727 bits per heavy atom. The molecule has 0 saturated heterocycles. The minimum atomic E-state index is -0.334. The zero-order valence-corrected chi connectivity index (χ0v) is 14.5. The van der Waals surface area contributed by atoms with Gasteiger partial charge in [-0.3, -0.25) is 0 Å². The van der Waals surface area contributed by atoms with Crippen molar-refractivity contribution < 1.29 is 0 Å². The Balaban J connectivity index is 1.89. The predicted octanol–water partition coefficient (Wildman–Crippen LogP) is 4.80. The maximum atomic E-state index is 2.42. The van der Waals surface area contributed by atoms with E-state index in [2.05, 4.69) is 86.7 Å². The molecule has 2 aliphatic rings. The molecule has 0 N–H and O–H groups in total. The molecule has 0 spiro atoms. The van der Waals surface area contributed by atoms with Crippen LogP contribution in [0, 0.1) is 0 Å². The molecule has 0 atom stereocenters. The molecule has 0 radical (unpaired) electrons. The van der Waals surface area contributed by atoms with Crippen molar-refractivity contribution in [3.05, 3.63) is 95.1 Å². The van der Waals surface area contributed by atoms with Crippen LogP contribution < -0.4 is 0 Å². The second-order valence-corrected chi connectivity index (χ2v) is 9.64. The second kappa shape index (κ2) is 4.96. The number of hydrogen-bond acceptors (Lipinski definition) is 0. The topological polar surface area (TPSA) is 0 Å². The molecule has 0 fully saturated rings. The SMILES string of the molecule is CC1(C)[SiH2]C(c2ccccc2)=C2C(c3ccccc3)=CC=C21. The van der Waals surface area contributed by atoms with Gasteiger partial charge in [-0.05, 0) is 32.9 Å². The van der Waals surface area contributed by atoms with Gasteiger partial charge < -0.3 is 0 Å². The van der Waals surface area contributed by atoms with E-state index in [0.29, 0.717) is 5.04 Å². The number of fused-ring (bicyclic) bond motifs is 1. The van der Waals surface area contributed by atoms with E-state index in [9.17, 15) is 0 Å². The lowest BCUT2D eigenvalue weighted by Crippen LogP contribution is -2.09. The molecular formula is C21H20Si. The fourth-order valence-electron chi connectivity index (χ4n) is 3.74. The Bertz CT molecular complexity index is 806. The minimum absolute atomic E-state index is 0.334. The standard InChI is InChI=1S/C21H20Si/c1-21(2)18-14-13-17(15-9-5-3-6-10-15)19(18)20(22-21)16-11-7-4-8-12-16/h3-14H,22H2,1-2H3. The summed E-state index contributed by atoms with van der Waals surface area (Å²) in [5, 5.41) is 1.98. The van der Waals surface area contributed by atoms with E-state index in [4.69, 9.17) is 0 Å². The van der Waals surface area contributed by atoms with Gasteiger partial charge in [0.25, 0.3) is 0 Å². The quantitative estimate of drug-likeness (QED) is 0.699. The van der Waals surface area contributed by atoms with Gasteiger partial charge in [0.1, 0.15) is 0 Å². The predicted molar refractivity (Wildman–Crippen MR) is 98.4 cm³/mol. The highest BCUT2D eigenvalue weighted by molar-refractivity contribution is 6.68. The van der Waals surface area contributed by atoms with E-state index >= 15 is 0 Å². The summed E-state index contributed by atoms with van der Waals surface area (Å²) in [6.07, 6.45) is 4.68. The molecule has 0 amide bonds. The third kappa shape index (κ3) is 2.05. The molecule has 0 bridgehead atoms. The van der Waals surface area contributed by atoms with Crippen molar-refractivity contribution in [2.75, 3.05) is 0 Å². The summed E-state index contributed by atoms with van der Waals surface area (Å²) in [7, 11) is -0.334. The molecule has 4 rings (SSSR count). The molecule has 1 heteroatoms. The summed E-state index contributed by atoms with van der Waals surface area (Å²) >= 11 is 0. The Kier molecular flexibility index (Phi) is 3.05. The number of rotatable bonds is 2. The fourth-order valence-corrected chi connectivity index (χ4v) is 6.10. The summed E-state index contributed by atoms with van der Waals surface area (Å²) in [6.45, 7) is 4.84. The molecule has 0 saturated carbocycles. The van der Waals surface area contributed by atoms with Gasteiger partial charge in [-0.25, -0.2) is 0 Å². The van der Waals surface area contributed by atoms with Crippen LogP contribution in [0.2, 0.25) is 5.04 Å². The first-order valence-corrected chi connectivity index (χ1v) is 9.35. The first kappa shape index (κ1) is 13.5. The molecule has 2 aromatic carbocycles. The summed E-state index contributed by atoms with van der Waals surface area (Å²) in [6, 6.07) is 21.8. The van der Waals surface area contributed by atoms with Crippen molar-refractivity contribution in [1.82, 2.24) is 0 Å². The van der Waals surface area contributed by atoms with Crippen molar-refractivity contribution >= 4 is 20.3 Å². The molecule has 0 nitrogen and oxygen atoms in total. The van der Waals surface area contributed by atoms with Crippen LogP contribution in [0.5, 0.6) is 0 Å².